The molecule has 2 rings (SSSR count). The Kier molecular flexibility index (Phi) is 5.46. The van der Waals surface area contributed by atoms with Crippen molar-refractivity contribution >= 4 is 11.8 Å². The van der Waals surface area contributed by atoms with Crippen molar-refractivity contribution in [2.75, 3.05) is 19.8 Å². The van der Waals surface area contributed by atoms with E-state index < -0.39 is 17.4 Å². The highest BCUT2D eigenvalue weighted by molar-refractivity contribution is 6.35. The first-order valence-electron chi connectivity index (χ1n) is 7.09. The summed E-state index contributed by atoms with van der Waals surface area (Å²) in [6.45, 7) is 1.01. The number of hydrogen-bond acceptors (Lipinski definition) is 4. The van der Waals surface area contributed by atoms with Crippen LogP contribution in [0.4, 0.5) is 4.39 Å². The molecule has 0 aliphatic carbocycles. The van der Waals surface area contributed by atoms with Gasteiger partial charge in [0.2, 0.25) is 0 Å². The largest absolute Gasteiger partial charge is 0.388 e. The van der Waals surface area contributed by atoms with Crippen LogP contribution >= 0.6 is 0 Å². The summed E-state index contributed by atoms with van der Waals surface area (Å²) in [4.78, 5) is 23.3. The van der Waals surface area contributed by atoms with Gasteiger partial charge in [-0.05, 0) is 17.7 Å². The van der Waals surface area contributed by atoms with E-state index in [1.807, 2.05) is 0 Å². The number of hydrogen-bond donors (Lipinski definition) is 3. The molecule has 0 saturated carbocycles. The summed E-state index contributed by atoms with van der Waals surface area (Å²) >= 11 is 0. The number of ether oxygens (including phenoxy) is 1. The summed E-state index contributed by atoms with van der Waals surface area (Å²) < 4.78 is 17.9. The van der Waals surface area contributed by atoms with E-state index in [0.29, 0.717) is 31.6 Å². The van der Waals surface area contributed by atoms with Crippen molar-refractivity contribution in [1.82, 2.24) is 10.6 Å². The zero-order valence-electron chi connectivity index (χ0n) is 12.1. The molecule has 0 radical (unpaired) electrons. The van der Waals surface area contributed by atoms with Gasteiger partial charge in [0.1, 0.15) is 5.82 Å². The van der Waals surface area contributed by atoms with Gasteiger partial charge in [0.15, 0.2) is 0 Å². The van der Waals surface area contributed by atoms with E-state index in [9.17, 15) is 19.1 Å². The van der Waals surface area contributed by atoms with E-state index in [-0.39, 0.29) is 18.9 Å². The van der Waals surface area contributed by atoms with Crippen molar-refractivity contribution in [3.8, 4) is 0 Å². The highest BCUT2D eigenvalue weighted by Gasteiger charge is 2.30. The van der Waals surface area contributed by atoms with Crippen molar-refractivity contribution in [2.24, 2.45) is 0 Å². The number of amides is 2. The van der Waals surface area contributed by atoms with Crippen LogP contribution in [0.15, 0.2) is 24.3 Å². The second-order valence-corrected chi connectivity index (χ2v) is 5.33. The molecule has 0 aromatic heterocycles. The maximum Gasteiger partial charge on any atom is 0.309 e. The Hall–Kier alpha value is -1.99. The van der Waals surface area contributed by atoms with Crippen LogP contribution in [0.25, 0.3) is 0 Å². The maximum absolute atomic E-state index is 12.7. The topological polar surface area (TPSA) is 87.7 Å². The summed E-state index contributed by atoms with van der Waals surface area (Å²) in [5.41, 5.74) is -0.337. The minimum Gasteiger partial charge on any atom is -0.388 e. The summed E-state index contributed by atoms with van der Waals surface area (Å²) in [7, 11) is 0. The third-order valence-electron chi connectivity index (χ3n) is 3.57. The van der Waals surface area contributed by atoms with Gasteiger partial charge in [0.05, 0.1) is 5.60 Å². The van der Waals surface area contributed by atoms with E-state index >= 15 is 0 Å². The smallest absolute Gasteiger partial charge is 0.309 e. The van der Waals surface area contributed by atoms with Gasteiger partial charge < -0.3 is 20.5 Å². The van der Waals surface area contributed by atoms with Crippen molar-refractivity contribution < 1.29 is 23.8 Å². The maximum atomic E-state index is 12.7. The lowest BCUT2D eigenvalue weighted by molar-refractivity contribution is -0.140. The average molecular weight is 310 g/mol. The molecule has 1 aromatic rings. The van der Waals surface area contributed by atoms with Gasteiger partial charge in [0, 0.05) is 39.1 Å². The number of carbonyl (C=O) groups excluding carboxylic acids is 2. The summed E-state index contributed by atoms with van der Waals surface area (Å²) in [5, 5.41) is 15.0. The van der Waals surface area contributed by atoms with Gasteiger partial charge in [-0.3, -0.25) is 9.59 Å². The molecule has 1 fully saturated rings. The molecule has 0 spiro atoms. The van der Waals surface area contributed by atoms with E-state index in [1.54, 1.807) is 0 Å². The zero-order chi connectivity index (χ0) is 16.0. The fraction of sp³-hybridized carbons (Fsp3) is 0.467. The molecular formula is C15H19FN2O4. The quantitative estimate of drug-likeness (QED) is 0.688. The molecule has 2 amide bonds. The van der Waals surface area contributed by atoms with E-state index in [0.717, 1.165) is 0 Å². The molecule has 3 N–H and O–H groups in total. The highest BCUT2D eigenvalue weighted by atomic mass is 19.1. The highest BCUT2D eigenvalue weighted by Crippen LogP contribution is 2.19. The Morgan fingerprint density at radius 2 is 1.73 bits per heavy atom. The standard InChI is InChI=1S/C15H19FN2O4/c16-12-3-1-11(2-4-12)9-17-13(19)14(20)18-10-15(21)5-7-22-8-6-15/h1-4,21H,5-10H2,(H,17,19)(H,18,20). The number of benzene rings is 1. The first-order valence-corrected chi connectivity index (χ1v) is 7.09. The summed E-state index contributed by atoms with van der Waals surface area (Å²) in [6.07, 6.45) is 0.842. The second kappa shape index (κ2) is 7.33. The monoisotopic (exact) mass is 310 g/mol. The Bertz CT molecular complexity index is 527. The normalized spacial score (nSPS) is 16.8. The third kappa shape index (κ3) is 4.78. The van der Waals surface area contributed by atoms with E-state index in [4.69, 9.17) is 4.74 Å². The van der Waals surface area contributed by atoms with Crippen LogP contribution in [0, 0.1) is 5.82 Å². The average Bonchev–Trinajstić information content (AvgIpc) is 2.52. The van der Waals surface area contributed by atoms with Crippen molar-refractivity contribution in [1.29, 1.82) is 0 Å². The summed E-state index contributed by atoms with van der Waals surface area (Å²) in [5.74, 6) is -1.96. The predicted octanol–water partition coefficient (Wildman–Crippen LogP) is 0.0996. The number of carbonyl (C=O) groups is 2. The van der Waals surface area contributed by atoms with Crippen LogP contribution in [-0.4, -0.2) is 42.3 Å². The van der Waals surface area contributed by atoms with Crippen LogP contribution in [-0.2, 0) is 20.9 Å². The Morgan fingerprint density at radius 1 is 1.14 bits per heavy atom. The molecule has 22 heavy (non-hydrogen) atoms. The molecule has 1 aliphatic rings. The number of nitrogens with one attached hydrogen (secondary N) is 2. The SMILES string of the molecule is O=C(NCc1ccc(F)cc1)C(=O)NCC1(O)CCOCC1. The zero-order valence-corrected chi connectivity index (χ0v) is 12.1. The van der Waals surface area contributed by atoms with Gasteiger partial charge in [0.25, 0.3) is 0 Å². The predicted molar refractivity (Wildman–Crippen MR) is 76.3 cm³/mol. The minimum atomic E-state index is -1.02. The van der Waals surface area contributed by atoms with Gasteiger partial charge >= 0.3 is 11.8 Å². The third-order valence-corrected chi connectivity index (χ3v) is 3.57. The van der Waals surface area contributed by atoms with Gasteiger partial charge in [-0.1, -0.05) is 12.1 Å². The summed E-state index contributed by atoms with van der Waals surface area (Å²) in [6, 6.07) is 5.61. The van der Waals surface area contributed by atoms with Crippen LogP contribution in [0.2, 0.25) is 0 Å². The molecule has 0 bridgehead atoms. The minimum absolute atomic E-state index is 0.0131. The number of aliphatic hydroxyl groups is 1. The van der Waals surface area contributed by atoms with Crippen molar-refractivity contribution in [2.45, 2.75) is 25.0 Å². The lowest BCUT2D eigenvalue weighted by Gasteiger charge is -2.31. The fourth-order valence-electron chi connectivity index (χ4n) is 2.12. The molecule has 1 heterocycles. The lowest BCUT2D eigenvalue weighted by atomic mass is 9.94. The fourth-order valence-corrected chi connectivity index (χ4v) is 2.12. The molecule has 1 aliphatic heterocycles. The van der Waals surface area contributed by atoms with Gasteiger partial charge in [-0.25, -0.2) is 4.39 Å². The van der Waals surface area contributed by atoms with Crippen LogP contribution in [0.1, 0.15) is 18.4 Å². The molecular weight excluding hydrogens is 291 g/mol. The molecule has 1 saturated heterocycles. The molecule has 7 heteroatoms. The Morgan fingerprint density at radius 3 is 2.36 bits per heavy atom. The number of halogens is 1. The van der Waals surface area contributed by atoms with Crippen LogP contribution in [0.3, 0.4) is 0 Å². The van der Waals surface area contributed by atoms with Crippen LogP contribution < -0.4 is 10.6 Å². The van der Waals surface area contributed by atoms with E-state index in [1.165, 1.54) is 24.3 Å². The van der Waals surface area contributed by atoms with Crippen molar-refractivity contribution in [3.63, 3.8) is 0 Å². The Balaban J connectivity index is 1.74. The van der Waals surface area contributed by atoms with E-state index in [2.05, 4.69) is 10.6 Å². The first-order chi connectivity index (χ1) is 10.5. The Labute approximate surface area is 127 Å². The molecule has 0 atom stereocenters. The van der Waals surface area contributed by atoms with Gasteiger partial charge in [-0.15, -0.1) is 0 Å². The first kappa shape index (κ1) is 16.4. The lowest BCUT2D eigenvalue weighted by Crippen LogP contribution is -2.49. The van der Waals surface area contributed by atoms with Crippen molar-refractivity contribution in [3.05, 3.63) is 35.6 Å². The molecule has 1 aromatic carbocycles. The van der Waals surface area contributed by atoms with Gasteiger partial charge in [-0.2, -0.15) is 0 Å². The number of rotatable bonds is 4. The molecule has 120 valence electrons. The van der Waals surface area contributed by atoms with Crippen LogP contribution in [0.5, 0.6) is 0 Å². The molecule has 6 nitrogen and oxygen atoms in total. The molecule has 0 unspecified atom stereocenters. The second-order valence-electron chi connectivity index (χ2n) is 5.33.